The summed E-state index contributed by atoms with van der Waals surface area (Å²) in [5, 5.41) is 0. The first-order valence-electron chi connectivity index (χ1n) is 9.94. The zero-order chi connectivity index (χ0) is 23.3. The molecule has 0 unspecified atom stereocenters. The molecule has 32 heavy (non-hydrogen) atoms. The number of benzene rings is 3. The van der Waals surface area contributed by atoms with Crippen molar-refractivity contribution in [3.8, 4) is 28.0 Å². The van der Waals surface area contributed by atoms with Crippen LogP contribution < -0.4 is 4.74 Å². The van der Waals surface area contributed by atoms with E-state index in [4.69, 9.17) is 9.47 Å². The molecule has 4 nitrogen and oxygen atoms in total. The van der Waals surface area contributed by atoms with Gasteiger partial charge in [-0.05, 0) is 54.3 Å². The van der Waals surface area contributed by atoms with Gasteiger partial charge in [0.1, 0.15) is 18.2 Å². The quantitative estimate of drug-likeness (QED) is 0.252. The van der Waals surface area contributed by atoms with Gasteiger partial charge in [-0.2, -0.15) is 0 Å². The molecular formula is C27H23FO4. The molecule has 5 heteroatoms. The number of hydrogen-bond acceptors (Lipinski definition) is 4. The standard InChI is InChI=1S/C27H23FO4/c1-17(2)26(29)31-16-19-5-7-20(8-6-19)22-11-14-24(25(28)15-22)21-9-12-23(13-10-21)32-27(30)18(3)4/h5-15H,1,3,16H2,2,4H3. The summed E-state index contributed by atoms with van der Waals surface area (Å²) in [5.74, 6) is -0.941. The number of rotatable bonds is 7. The van der Waals surface area contributed by atoms with E-state index in [1.165, 1.54) is 6.07 Å². The Labute approximate surface area is 186 Å². The Kier molecular flexibility index (Phi) is 7.00. The van der Waals surface area contributed by atoms with Crippen molar-refractivity contribution < 1.29 is 23.5 Å². The van der Waals surface area contributed by atoms with Gasteiger partial charge in [-0.3, -0.25) is 0 Å². The van der Waals surface area contributed by atoms with Gasteiger partial charge >= 0.3 is 11.9 Å². The number of ether oxygens (including phenoxy) is 2. The average Bonchev–Trinajstić information content (AvgIpc) is 2.78. The van der Waals surface area contributed by atoms with Crippen LogP contribution >= 0.6 is 0 Å². The molecule has 0 aliphatic heterocycles. The van der Waals surface area contributed by atoms with Crippen LogP contribution in [0.1, 0.15) is 19.4 Å². The second-order valence-electron chi connectivity index (χ2n) is 7.44. The van der Waals surface area contributed by atoms with Gasteiger partial charge in [0.2, 0.25) is 0 Å². The number of halogens is 1. The Morgan fingerprint density at radius 2 is 1.34 bits per heavy atom. The third-order valence-corrected chi connectivity index (χ3v) is 4.70. The summed E-state index contributed by atoms with van der Waals surface area (Å²) in [7, 11) is 0. The predicted octanol–water partition coefficient (Wildman–Crippen LogP) is 6.26. The molecule has 3 aromatic carbocycles. The van der Waals surface area contributed by atoms with E-state index in [0.717, 1.165) is 16.7 Å². The highest BCUT2D eigenvalue weighted by Crippen LogP contribution is 2.29. The van der Waals surface area contributed by atoms with Crippen LogP contribution in [-0.2, 0) is 20.9 Å². The predicted molar refractivity (Wildman–Crippen MR) is 122 cm³/mol. The monoisotopic (exact) mass is 430 g/mol. The van der Waals surface area contributed by atoms with Crippen molar-refractivity contribution >= 4 is 11.9 Å². The maximum atomic E-state index is 14.8. The number of esters is 2. The second-order valence-corrected chi connectivity index (χ2v) is 7.44. The minimum Gasteiger partial charge on any atom is -0.457 e. The van der Waals surface area contributed by atoms with Gasteiger partial charge in [0.15, 0.2) is 0 Å². The molecule has 0 N–H and O–H groups in total. The summed E-state index contributed by atoms with van der Waals surface area (Å²) in [6.07, 6.45) is 0. The van der Waals surface area contributed by atoms with E-state index in [2.05, 4.69) is 13.2 Å². The maximum Gasteiger partial charge on any atom is 0.338 e. The van der Waals surface area contributed by atoms with E-state index in [0.29, 0.717) is 28.0 Å². The summed E-state index contributed by atoms with van der Waals surface area (Å²) in [4.78, 5) is 23.1. The molecule has 0 saturated carbocycles. The van der Waals surface area contributed by atoms with Crippen LogP contribution in [-0.4, -0.2) is 11.9 Å². The third-order valence-electron chi connectivity index (χ3n) is 4.70. The molecule has 0 aromatic heterocycles. The highest BCUT2D eigenvalue weighted by Gasteiger charge is 2.10. The van der Waals surface area contributed by atoms with E-state index >= 15 is 0 Å². The van der Waals surface area contributed by atoms with Crippen molar-refractivity contribution in [3.05, 3.63) is 102 Å². The fraction of sp³-hybridized carbons (Fsp3) is 0.111. The molecule has 0 amide bonds. The molecule has 0 aliphatic carbocycles. The lowest BCUT2D eigenvalue weighted by atomic mass is 9.99. The van der Waals surface area contributed by atoms with Crippen molar-refractivity contribution in [2.24, 2.45) is 0 Å². The maximum absolute atomic E-state index is 14.8. The van der Waals surface area contributed by atoms with E-state index < -0.39 is 11.9 Å². The molecule has 162 valence electrons. The van der Waals surface area contributed by atoms with Crippen molar-refractivity contribution in [1.82, 2.24) is 0 Å². The Morgan fingerprint density at radius 3 is 1.91 bits per heavy atom. The topological polar surface area (TPSA) is 52.6 Å². The van der Waals surface area contributed by atoms with Crippen molar-refractivity contribution in [3.63, 3.8) is 0 Å². The number of carbonyl (C=O) groups is 2. The first kappa shape index (κ1) is 22.7. The first-order chi connectivity index (χ1) is 15.2. The van der Waals surface area contributed by atoms with Crippen LogP contribution in [0, 0.1) is 5.82 Å². The molecule has 0 heterocycles. The van der Waals surface area contributed by atoms with Crippen LogP contribution in [0.4, 0.5) is 4.39 Å². The smallest absolute Gasteiger partial charge is 0.338 e. The lowest BCUT2D eigenvalue weighted by Crippen LogP contribution is -2.07. The van der Waals surface area contributed by atoms with E-state index in [1.807, 2.05) is 30.3 Å². The van der Waals surface area contributed by atoms with Gasteiger partial charge in [-0.25, -0.2) is 14.0 Å². The summed E-state index contributed by atoms with van der Waals surface area (Å²) >= 11 is 0. The van der Waals surface area contributed by atoms with Crippen LogP contribution in [0.3, 0.4) is 0 Å². The Morgan fingerprint density at radius 1 is 0.781 bits per heavy atom. The summed E-state index contributed by atoms with van der Waals surface area (Å²) in [6.45, 7) is 10.4. The van der Waals surface area contributed by atoms with Gasteiger partial charge in [0.25, 0.3) is 0 Å². The summed E-state index contributed by atoms with van der Waals surface area (Å²) in [6, 6.07) is 19.0. The van der Waals surface area contributed by atoms with E-state index in [1.54, 1.807) is 44.2 Å². The lowest BCUT2D eigenvalue weighted by Gasteiger charge is -2.09. The van der Waals surface area contributed by atoms with Gasteiger partial charge in [-0.1, -0.05) is 61.7 Å². The number of hydrogen-bond donors (Lipinski definition) is 0. The molecule has 3 aromatic rings. The van der Waals surface area contributed by atoms with Crippen molar-refractivity contribution in [2.75, 3.05) is 0 Å². The lowest BCUT2D eigenvalue weighted by molar-refractivity contribution is -0.140. The Hall–Kier alpha value is -3.99. The van der Waals surface area contributed by atoms with Crippen molar-refractivity contribution in [1.29, 1.82) is 0 Å². The van der Waals surface area contributed by atoms with Crippen LogP contribution in [0.2, 0.25) is 0 Å². The third kappa shape index (κ3) is 5.58. The zero-order valence-electron chi connectivity index (χ0n) is 18.0. The normalized spacial score (nSPS) is 10.3. The highest BCUT2D eigenvalue weighted by atomic mass is 19.1. The molecule has 0 atom stereocenters. The van der Waals surface area contributed by atoms with Crippen LogP contribution in [0.15, 0.2) is 91.0 Å². The minimum absolute atomic E-state index is 0.150. The molecule has 0 radical (unpaired) electrons. The molecule has 0 fully saturated rings. The van der Waals surface area contributed by atoms with Gasteiger partial charge in [-0.15, -0.1) is 0 Å². The van der Waals surface area contributed by atoms with Crippen molar-refractivity contribution in [2.45, 2.75) is 20.5 Å². The Bertz CT molecular complexity index is 1180. The number of carbonyl (C=O) groups excluding carboxylic acids is 2. The minimum atomic E-state index is -0.506. The molecule has 0 bridgehead atoms. The van der Waals surface area contributed by atoms with Gasteiger partial charge in [0.05, 0.1) is 0 Å². The first-order valence-corrected chi connectivity index (χ1v) is 9.94. The highest BCUT2D eigenvalue weighted by molar-refractivity contribution is 5.89. The molecule has 0 saturated heterocycles. The van der Waals surface area contributed by atoms with E-state index in [9.17, 15) is 14.0 Å². The SMILES string of the molecule is C=C(C)C(=O)OCc1ccc(-c2ccc(-c3ccc(OC(=O)C(=C)C)cc3)c(F)c2)cc1. The van der Waals surface area contributed by atoms with E-state index in [-0.39, 0.29) is 12.4 Å². The van der Waals surface area contributed by atoms with Gasteiger partial charge < -0.3 is 9.47 Å². The zero-order valence-corrected chi connectivity index (χ0v) is 18.0. The molecule has 3 rings (SSSR count). The second kappa shape index (κ2) is 9.88. The fourth-order valence-corrected chi connectivity index (χ4v) is 2.89. The molecule has 0 aliphatic rings. The summed E-state index contributed by atoms with van der Waals surface area (Å²) < 4.78 is 25.1. The largest absolute Gasteiger partial charge is 0.457 e. The Balaban J connectivity index is 1.72. The molecule has 0 spiro atoms. The fourth-order valence-electron chi connectivity index (χ4n) is 2.89. The summed E-state index contributed by atoms with van der Waals surface area (Å²) in [5.41, 5.74) is 4.15. The van der Waals surface area contributed by atoms with Crippen LogP contribution in [0.25, 0.3) is 22.3 Å². The van der Waals surface area contributed by atoms with Gasteiger partial charge in [0, 0.05) is 16.7 Å². The molecular weight excluding hydrogens is 407 g/mol. The van der Waals surface area contributed by atoms with Crippen LogP contribution in [0.5, 0.6) is 5.75 Å². The average molecular weight is 430 g/mol.